The van der Waals surface area contributed by atoms with Gasteiger partial charge in [-0.15, -0.1) is 0 Å². The fraction of sp³-hybridized carbons (Fsp3) is 0.214. The SMILES string of the molecule is CCOC(=O)c1[nH]ncc1NC(=O)C1=C(F)C=CCC=C1F. The zero-order valence-electron chi connectivity index (χ0n) is 11.7. The van der Waals surface area contributed by atoms with Crippen molar-refractivity contribution in [3.8, 4) is 0 Å². The van der Waals surface area contributed by atoms with E-state index in [1.807, 2.05) is 0 Å². The Morgan fingerprint density at radius 1 is 1.45 bits per heavy atom. The van der Waals surface area contributed by atoms with Crippen molar-refractivity contribution >= 4 is 17.6 Å². The summed E-state index contributed by atoms with van der Waals surface area (Å²) in [5.74, 6) is -3.72. The van der Waals surface area contributed by atoms with E-state index in [0.29, 0.717) is 0 Å². The second-order valence-electron chi connectivity index (χ2n) is 4.25. The van der Waals surface area contributed by atoms with Gasteiger partial charge in [-0.2, -0.15) is 5.10 Å². The smallest absolute Gasteiger partial charge is 0.358 e. The Bertz CT molecular complexity index is 689. The van der Waals surface area contributed by atoms with Crippen LogP contribution >= 0.6 is 0 Å². The van der Waals surface area contributed by atoms with Crippen LogP contribution in [-0.4, -0.2) is 28.7 Å². The Morgan fingerprint density at radius 3 is 2.95 bits per heavy atom. The first-order valence-electron chi connectivity index (χ1n) is 6.48. The lowest BCUT2D eigenvalue weighted by Crippen LogP contribution is -2.18. The van der Waals surface area contributed by atoms with Crippen LogP contribution in [0, 0.1) is 0 Å². The summed E-state index contributed by atoms with van der Waals surface area (Å²) in [6.07, 6.45) is 4.81. The van der Waals surface area contributed by atoms with Gasteiger partial charge in [-0.1, -0.05) is 6.08 Å². The maximum atomic E-state index is 13.8. The van der Waals surface area contributed by atoms with Gasteiger partial charge in [-0.25, -0.2) is 13.6 Å². The van der Waals surface area contributed by atoms with Gasteiger partial charge in [0, 0.05) is 0 Å². The molecule has 0 aromatic carbocycles. The van der Waals surface area contributed by atoms with Crippen LogP contribution < -0.4 is 5.32 Å². The van der Waals surface area contributed by atoms with E-state index < -0.39 is 29.1 Å². The fourth-order valence-corrected chi connectivity index (χ4v) is 1.78. The summed E-state index contributed by atoms with van der Waals surface area (Å²) in [4.78, 5) is 23.7. The average Bonchev–Trinajstić information content (AvgIpc) is 2.85. The van der Waals surface area contributed by atoms with E-state index in [2.05, 4.69) is 15.5 Å². The van der Waals surface area contributed by atoms with Gasteiger partial charge in [0.2, 0.25) is 0 Å². The van der Waals surface area contributed by atoms with Crippen LogP contribution in [0.1, 0.15) is 23.8 Å². The molecule has 8 heteroatoms. The third-order valence-corrected chi connectivity index (χ3v) is 2.77. The lowest BCUT2D eigenvalue weighted by atomic mass is 10.2. The van der Waals surface area contributed by atoms with Crippen LogP contribution in [0.25, 0.3) is 0 Å². The van der Waals surface area contributed by atoms with Crippen LogP contribution in [0.3, 0.4) is 0 Å². The van der Waals surface area contributed by atoms with Gasteiger partial charge in [-0.05, 0) is 25.5 Å². The van der Waals surface area contributed by atoms with Crippen molar-refractivity contribution in [1.29, 1.82) is 0 Å². The first-order chi connectivity index (χ1) is 10.5. The van der Waals surface area contributed by atoms with Gasteiger partial charge < -0.3 is 10.1 Å². The molecule has 0 radical (unpaired) electrons. The monoisotopic (exact) mass is 309 g/mol. The molecule has 0 aliphatic heterocycles. The molecule has 6 nitrogen and oxygen atoms in total. The molecule has 0 fully saturated rings. The van der Waals surface area contributed by atoms with Crippen molar-refractivity contribution in [3.05, 3.63) is 47.3 Å². The first kappa shape index (κ1) is 15.6. The zero-order chi connectivity index (χ0) is 16.1. The zero-order valence-corrected chi connectivity index (χ0v) is 11.7. The minimum Gasteiger partial charge on any atom is -0.461 e. The number of nitrogens with one attached hydrogen (secondary N) is 2. The van der Waals surface area contributed by atoms with E-state index in [-0.39, 0.29) is 24.4 Å². The third kappa shape index (κ3) is 3.27. The summed E-state index contributed by atoms with van der Waals surface area (Å²) in [5.41, 5.74) is -0.862. The normalized spacial score (nSPS) is 14.4. The van der Waals surface area contributed by atoms with Crippen molar-refractivity contribution in [2.75, 3.05) is 11.9 Å². The minimum absolute atomic E-state index is 0.0234. The fourth-order valence-electron chi connectivity index (χ4n) is 1.78. The standard InChI is InChI=1S/C14H13F2N3O3/c1-2-22-14(21)12-10(7-17-19-12)18-13(20)11-8(15)5-3-4-6-9(11)16/h3,5-7H,2,4H2,1H3,(H,17,19)(H,18,20). The molecule has 22 heavy (non-hydrogen) atoms. The molecule has 0 saturated heterocycles. The number of ether oxygens (including phenoxy) is 1. The van der Waals surface area contributed by atoms with Gasteiger partial charge >= 0.3 is 5.97 Å². The number of esters is 1. The lowest BCUT2D eigenvalue weighted by Gasteiger charge is -2.07. The van der Waals surface area contributed by atoms with Gasteiger partial charge in [0.15, 0.2) is 5.69 Å². The van der Waals surface area contributed by atoms with E-state index in [4.69, 9.17) is 4.74 Å². The van der Waals surface area contributed by atoms with Crippen molar-refractivity contribution < 1.29 is 23.1 Å². The summed E-state index contributed by atoms with van der Waals surface area (Å²) in [5, 5.41) is 8.21. The van der Waals surface area contributed by atoms with E-state index in [1.54, 1.807) is 6.92 Å². The maximum absolute atomic E-state index is 13.8. The number of aromatic nitrogens is 2. The topological polar surface area (TPSA) is 84.1 Å². The highest BCUT2D eigenvalue weighted by Crippen LogP contribution is 2.24. The second-order valence-corrected chi connectivity index (χ2v) is 4.25. The number of hydrogen-bond donors (Lipinski definition) is 2. The van der Waals surface area contributed by atoms with E-state index in [1.165, 1.54) is 6.08 Å². The summed E-state index contributed by atoms with van der Waals surface area (Å²) in [6.45, 7) is 1.75. The quantitative estimate of drug-likeness (QED) is 0.837. The minimum atomic E-state index is -1.02. The number of carbonyl (C=O) groups excluding carboxylic acids is 2. The van der Waals surface area contributed by atoms with Crippen molar-refractivity contribution in [3.63, 3.8) is 0 Å². The van der Waals surface area contributed by atoms with Crippen LogP contribution in [0.4, 0.5) is 14.5 Å². The number of carbonyl (C=O) groups is 2. The molecular formula is C14H13F2N3O3. The van der Waals surface area contributed by atoms with Crippen LogP contribution in [0.15, 0.2) is 41.7 Å². The number of rotatable bonds is 4. The molecule has 2 rings (SSSR count). The number of hydrogen-bond acceptors (Lipinski definition) is 4. The summed E-state index contributed by atoms with van der Waals surface area (Å²) >= 11 is 0. The number of aromatic amines is 1. The van der Waals surface area contributed by atoms with Gasteiger partial charge in [0.1, 0.15) is 17.2 Å². The van der Waals surface area contributed by atoms with Crippen LogP contribution in [0.2, 0.25) is 0 Å². The Hall–Kier alpha value is -2.77. The Morgan fingerprint density at radius 2 is 2.23 bits per heavy atom. The number of halogens is 2. The molecule has 0 bridgehead atoms. The highest BCUT2D eigenvalue weighted by atomic mass is 19.1. The predicted molar refractivity (Wildman–Crippen MR) is 74.3 cm³/mol. The summed E-state index contributed by atoms with van der Waals surface area (Å²) in [6, 6.07) is 0. The molecule has 116 valence electrons. The molecule has 1 aliphatic carbocycles. The molecule has 1 amide bonds. The molecule has 0 saturated carbocycles. The van der Waals surface area contributed by atoms with Gasteiger partial charge in [0.05, 0.1) is 18.5 Å². The number of nitrogens with zero attached hydrogens (tertiary/aromatic N) is 1. The summed E-state index contributed by atoms with van der Waals surface area (Å²) < 4.78 is 32.3. The Labute approximate surface area is 124 Å². The molecule has 0 unspecified atom stereocenters. The van der Waals surface area contributed by atoms with Crippen molar-refractivity contribution in [2.45, 2.75) is 13.3 Å². The van der Waals surface area contributed by atoms with E-state index >= 15 is 0 Å². The van der Waals surface area contributed by atoms with Gasteiger partial charge in [0.25, 0.3) is 5.91 Å². The molecule has 0 atom stereocenters. The number of H-pyrrole nitrogens is 1. The molecule has 2 N–H and O–H groups in total. The number of amides is 1. The largest absolute Gasteiger partial charge is 0.461 e. The Kier molecular flexibility index (Phi) is 4.82. The van der Waals surface area contributed by atoms with Crippen molar-refractivity contribution in [2.24, 2.45) is 0 Å². The third-order valence-electron chi connectivity index (χ3n) is 2.77. The summed E-state index contributed by atoms with van der Waals surface area (Å²) in [7, 11) is 0. The van der Waals surface area contributed by atoms with Crippen LogP contribution in [-0.2, 0) is 9.53 Å². The average molecular weight is 309 g/mol. The highest BCUT2D eigenvalue weighted by Gasteiger charge is 2.23. The van der Waals surface area contributed by atoms with Crippen molar-refractivity contribution in [1.82, 2.24) is 10.2 Å². The molecule has 1 aromatic heterocycles. The lowest BCUT2D eigenvalue weighted by molar-refractivity contribution is -0.112. The number of anilines is 1. The first-order valence-corrected chi connectivity index (χ1v) is 6.48. The molecular weight excluding hydrogens is 296 g/mol. The number of allylic oxidation sites excluding steroid dienone is 4. The Balaban J connectivity index is 2.25. The predicted octanol–water partition coefficient (Wildman–Crippen LogP) is 2.56. The van der Waals surface area contributed by atoms with E-state index in [0.717, 1.165) is 18.3 Å². The van der Waals surface area contributed by atoms with Gasteiger partial charge in [-0.3, -0.25) is 9.89 Å². The van der Waals surface area contributed by atoms with Crippen LogP contribution in [0.5, 0.6) is 0 Å². The molecule has 0 spiro atoms. The highest BCUT2D eigenvalue weighted by molar-refractivity contribution is 6.09. The molecule has 1 aliphatic rings. The second kappa shape index (κ2) is 6.79. The molecule has 1 heterocycles. The maximum Gasteiger partial charge on any atom is 0.358 e. The van der Waals surface area contributed by atoms with E-state index in [9.17, 15) is 18.4 Å². The molecule has 1 aromatic rings.